The molecule has 1 atom stereocenters. The number of hydrogen-bond donors (Lipinski definition) is 0. The molecule has 0 radical (unpaired) electrons. The molecular weight excluding hydrogens is 224 g/mol. The minimum atomic E-state index is 0.383. The summed E-state index contributed by atoms with van der Waals surface area (Å²) in [6, 6.07) is 0. The van der Waals surface area contributed by atoms with E-state index in [1.54, 1.807) is 0 Å². The van der Waals surface area contributed by atoms with E-state index in [1.807, 2.05) is 0 Å². The van der Waals surface area contributed by atoms with Crippen LogP contribution in [0.5, 0.6) is 0 Å². The van der Waals surface area contributed by atoms with Crippen molar-refractivity contribution in [2.75, 3.05) is 11.5 Å². The number of carbonyl (C=O) groups is 1. The van der Waals surface area contributed by atoms with Crippen molar-refractivity contribution < 1.29 is 4.79 Å². The van der Waals surface area contributed by atoms with Crippen LogP contribution in [0, 0.1) is 5.92 Å². The average molecular weight is 240 g/mol. The van der Waals surface area contributed by atoms with Crippen molar-refractivity contribution in [2.45, 2.75) is 36.2 Å². The normalized spacial score (nSPS) is 34.0. The molecule has 3 heteroatoms. The van der Waals surface area contributed by atoms with Crippen LogP contribution < -0.4 is 0 Å². The third-order valence-corrected chi connectivity index (χ3v) is 7.37. The fraction of sp³-hybridized carbons (Fsp3) is 0.750. The monoisotopic (exact) mass is 240 g/mol. The Kier molecular flexibility index (Phi) is 2.63. The highest BCUT2D eigenvalue weighted by molar-refractivity contribution is 8.18. The van der Waals surface area contributed by atoms with Crippen molar-refractivity contribution in [3.8, 4) is 0 Å². The van der Waals surface area contributed by atoms with Gasteiger partial charge in [0, 0.05) is 12.3 Å². The van der Waals surface area contributed by atoms with Crippen LogP contribution in [0.4, 0.5) is 0 Å². The number of allylic oxidation sites excluding steroid dienone is 2. The summed E-state index contributed by atoms with van der Waals surface area (Å²) in [7, 11) is 0. The molecule has 82 valence electrons. The van der Waals surface area contributed by atoms with Gasteiger partial charge in [-0.1, -0.05) is 6.08 Å². The molecule has 0 aromatic carbocycles. The largest absolute Gasteiger partial charge is 0.295 e. The fourth-order valence-electron chi connectivity index (χ4n) is 3.02. The third-order valence-electron chi connectivity index (χ3n) is 3.73. The third kappa shape index (κ3) is 1.59. The summed E-state index contributed by atoms with van der Waals surface area (Å²) >= 11 is 4.27. The molecule has 1 nitrogen and oxygen atoms in total. The van der Waals surface area contributed by atoms with Crippen molar-refractivity contribution in [1.29, 1.82) is 0 Å². The number of Topliss-reactive ketones (excluding diaryl/α,β-unsaturated/α-hetero) is 1. The van der Waals surface area contributed by atoms with Crippen LogP contribution in [-0.2, 0) is 4.79 Å². The summed E-state index contributed by atoms with van der Waals surface area (Å²) in [6.45, 7) is 0. The quantitative estimate of drug-likeness (QED) is 0.647. The maximum absolute atomic E-state index is 11.7. The topological polar surface area (TPSA) is 17.1 Å². The van der Waals surface area contributed by atoms with Crippen LogP contribution in [0.1, 0.15) is 32.1 Å². The molecule has 0 aromatic heterocycles. The predicted octanol–water partition coefficient (Wildman–Crippen LogP) is 3.25. The summed E-state index contributed by atoms with van der Waals surface area (Å²) in [4.78, 5) is 11.7. The first-order valence-corrected chi connectivity index (χ1v) is 7.80. The Balaban J connectivity index is 1.92. The van der Waals surface area contributed by atoms with E-state index in [0.717, 1.165) is 19.3 Å². The van der Waals surface area contributed by atoms with Crippen molar-refractivity contribution in [2.24, 2.45) is 5.92 Å². The molecule has 0 amide bonds. The van der Waals surface area contributed by atoms with E-state index >= 15 is 0 Å². The average Bonchev–Trinajstić information content (AvgIpc) is 2.64. The van der Waals surface area contributed by atoms with Crippen LogP contribution in [0.3, 0.4) is 0 Å². The summed E-state index contributed by atoms with van der Waals surface area (Å²) in [6.07, 6.45) is 7.89. The van der Waals surface area contributed by atoms with E-state index in [-0.39, 0.29) is 0 Å². The molecule has 1 saturated carbocycles. The Morgan fingerprint density at radius 1 is 1.33 bits per heavy atom. The van der Waals surface area contributed by atoms with E-state index in [4.69, 9.17) is 0 Å². The fourth-order valence-corrected chi connectivity index (χ4v) is 6.72. The highest BCUT2D eigenvalue weighted by atomic mass is 32.2. The van der Waals surface area contributed by atoms with Gasteiger partial charge >= 0.3 is 0 Å². The number of ketones is 1. The van der Waals surface area contributed by atoms with Gasteiger partial charge in [0.25, 0.3) is 0 Å². The van der Waals surface area contributed by atoms with Gasteiger partial charge in [-0.3, -0.25) is 4.79 Å². The van der Waals surface area contributed by atoms with Crippen molar-refractivity contribution in [3.05, 3.63) is 11.6 Å². The van der Waals surface area contributed by atoms with E-state index in [9.17, 15) is 4.79 Å². The van der Waals surface area contributed by atoms with Gasteiger partial charge in [-0.15, -0.1) is 23.5 Å². The lowest BCUT2D eigenvalue weighted by molar-refractivity contribution is -0.114. The Bertz CT molecular complexity index is 316. The zero-order chi connectivity index (χ0) is 10.3. The molecule has 3 rings (SSSR count). The summed E-state index contributed by atoms with van der Waals surface area (Å²) in [5, 5.41) is 0. The first kappa shape index (κ1) is 10.3. The van der Waals surface area contributed by atoms with Gasteiger partial charge in [0.1, 0.15) is 0 Å². The van der Waals surface area contributed by atoms with Gasteiger partial charge in [0.15, 0.2) is 5.78 Å². The Hall–Kier alpha value is 0.110. The first-order chi connectivity index (χ1) is 7.32. The van der Waals surface area contributed by atoms with Crippen LogP contribution in [0.15, 0.2) is 11.6 Å². The van der Waals surface area contributed by atoms with E-state index in [0.29, 0.717) is 15.8 Å². The molecule has 0 bridgehead atoms. The lowest BCUT2D eigenvalue weighted by Crippen LogP contribution is -2.36. The molecule has 1 spiro atoms. The molecule has 1 unspecified atom stereocenters. The van der Waals surface area contributed by atoms with E-state index < -0.39 is 0 Å². The van der Waals surface area contributed by atoms with Gasteiger partial charge in [-0.25, -0.2) is 0 Å². The minimum Gasteiger partial charge on any atom is -0.295 e. The first-order valence-electron chi connectivity index (χ1n) is 5.83. The Morgan fingerprint density at radius 2 is 2.13 bits per heavy atom. The number of hydrogen-bond acceptors (Lipinski definition) is 3. The molecule has 0 N–H and O–H groups in total. The SMILES string of the molecule is O=C1CCC2C1=CCCC21SCCCS1. The van der Waals surface area contributed by atoms with Gasteiger partial charge in [0.2, 0.25) is 0 Å². The van der Waals surface area contributed by atoms with Gasteiger partial charge < -0.3 is 0 Å². The predicted molar refractivity (Wildman–Crippen MR) is 67.3 cm³/mol. The van der Waals surface area contributed by atoms with Crippen LogP contribution in [0.25, 0.3) is 0 Å². The maximum Gasteiger partial charge on any atom is 0.158 e. The summed E-state index contributed by atoms with van der Waals surface area (Å²) in [5.41, 5.74) is 1.18. The van der Waals surface area contributed by atoms with Crippen molar-refractivity contribution in [1.82, 2.24) is 0 Å². The summed E-state index contributed by atoms with van der Waals surface area (Å²) < 4.78 is 0.383. The maximum atomic E-state index is 11.7. The smallest absolute Gasteiger partial charge is 0.158 e. The van der Waals surface area contributed by atoms with E-state index in [2.05, 4.69) is 29.6 Å². The second kappa shape index (κ2) is 3.85. The van der Waals surface area contributed by atoms with Crippen LogP contribution >= 0.6 is 23.5 Å². The van der Waals surface area contributed by atoms with Crippen molar-refractivity contribution in [3.63, 3.8) is 0 Å². The molecule has 2 fully saturated rings. The minimum absolute atomic E-state index is 0.383. The van der Waals surface area contributed by atoms with Gasteiger partial charge in [-0.2, -0.15) is 0 Å². The number of rotatable bonds is 0. The second-order valence-electron chi connectivity index (χ2n) is 4.57. The Labute approximate surface area is 99.5 Å². The standard InChI is InChI=1S/C12H16OS2/c13-11-5-4-10-9(11)3-1-6-12(10)14-7-2-8-15-12/h3,10H,1-2,4-8H2. The van der Waals surface area contributed by atoms with E-state index in [1.165, 1.54) is 29.9 Å². The Morgan fingerprint density at radius 3 is 2.93 bits per heavy atom. The van der Waals surface area contributed by atoms with Gasteiger partial charge in [-0.05, 0) is 42.8 Å². The highest BCUT2D eigenvalue weighted by Gasteiger charge is 2.48. The van der Waals surface area contributed by atoms with Gasteiger partial charge in [0.05, 0.1) is 4.08 Å². The molecule has 0 aromatic rings. The lowest BCUT2D eigenvalue weighted by Gasteiger charge is -2.43. The summed E-state index contributed by atoms with van der Waals surface area (Å²) in [5.74, 6) is 3.61. The molecule has 1 saturated heterocycles. The lowest BCUT2D eigenvalue weighted by atomic mass is 9.89. The zero-order valence-corrected chi connectivity index (χ0v) is 10.5. The molecular formula is C12H16OS2. The molecule has 1 aliphatic heterocycles. The second-order valence-corrected chi connectivity index (χ2v) is 7.68. The van der Waals surface area contributed by atoms with Crippen molar-refractivity contribution >= 4 is 29.3 Å². The van der Waals surface area contributed by atoms with Crippen LogP contribution in [-0.4, -0.2) is 21.4 Å². The highest BCUT2D eigenvalue weighted by Crippen LogP contribution is 2.57. The molecule has 3 aliphatic rings. The molecule has 15 heavy (non-hydrogen) atoms. The number of fused-ring (bicyclic) bond motifs is 2. The molecule has 1 heterocycles. The zero-order valence-electron chi connectivity index (χ0n) is 8.83. The number of thioether (sulfide) groups is 2. The molecule has 2 aliphatic carbocycles. The van der Waals surface area contributed by atoms with Crippen LogP contribution in [0.2, 0.25) is 0 Å². The number of carbonyl (C=O) groups excluding carboxylic acids is 1.